The van der Waals surface area contributed by atoms with Crippen molar-refractivity contribution in [1.29, 1.82) is 5.26 Å². The van der Waals surface area contributed by atoms with Crippen LogP contribution in [0.4, 0.5) is 8.78 Å². The van der Waals surface area contributed by atoms with Gasteiger partial charge in [0.15, 0.2) is 50.0 Å². The molecule has 9 aliphatic rings. The van der Waals surface area contributed by atoms with E-state index in [0.29, 0.717) is 103 Å². The number of carbonyl (C=O) groups excluding carboxylic acids is 1. The number of aliphatic imine (C=N–C) groups is 4. The molecule has 0 atom stereocenters. The van der Waals surface area contributed by atoms with Crippen molar-refractivity contribution >= 4 is 106 Å². The maximum absolute atomic E-state index is 15.0. The van der Waals surface area contributed by atoms with Crippen molar-refractivity contribution in [3.63, 3.8) is 0 Å². The Labute approximate surface area is 779 Å². The van der Waals surface area contributed by atoms with Crippen molar-refractivity contribution in [3.8, 4) is 28.7 Å². The van der Waals surface area contributed by atoms with Gasteiger partial charge in [-0.15, -0.1) is 45.3 Å². The molecule has 0 amide bonds. The third kappa shape index (κ3) is 28.3. The number of hydrogen-bond donors (Lipinski definition) is 2. The number of benzene rings is 10. The van der Waals surface area contributed by atoms with E-state index in [1.807, 2.05) is 91.0 Å². The first-order chi connectivity index (χ1) is 61.1. The molecule has 0 saturated carbocycles. The standard InChI is InChI=1S/C27H23FN4O.C22H15FO2.C18H18N4.C17H16N2.2C5H8N4.C4H12Si.2CH4.CH3.2ClH.O.Sn.H/c28-24-12-20(14-32-15-22(16-32)27-29-17-30-31-27)6-8-23(24)26-13-21-11-19(7-9-25(21)33-26)10-18-4-2-1-3-5-18;23-20-12-17(14-24)6-8-19(20)22-13-18-11-16(7-9-21(18)25-22)10-15-4-2-1-3-5-15;1-3-7-14(8-4-1)17(15-9-5-2-6-10-15)22-11-16(12-22)18-19-13-20-21-18;18-11-14-12-19(13-14)17(15-7-3-1-4-8-15)16-9-5-2-6-10-16;2*1-4(2-6-1)5-7-3-8-9-5;1-5(2,3)4;;;;;;;;/h1-9,11-13,22H,10,14-17H2;1-9,11-14H,10H2;1-10,16-17H,11-13H2;1-10,14,17H,12-13H2;2*4,6H,1-3H2;1-4H3;2*1H4;1H3;2*1H;;;. The summed E-state index contributed by atoms with van der Waals surface area (Å²) in [7, 11) is -0.611. The monoisotopic (exact) mass is 1900 g/mol. The van der Waals surface area contributed by atoms with Gasteiger partial charge in [-0.1, -0.05) is 247 Å². The van der Waals surface area contributed by atoms with Crippen LogP contribution >= 0.6 is 24.8 Å². The number of rotatable bonds is 19. The van der Waals surface area contributed by atoms with E-state index < -0.39 is 35.0 Å². The summed E-state index contributed by atoms with van der Waals surface area (Å²) in [5.74, 6) is 6.02. The van der Waals surface area contributed by atoms with Crippen LogP contribution in [-0.4, -0.2) is 166 Å². The average molecular weight is 1900 g/mol. The van der Waals surface area contributed by atoms with Gasteiger partial charge in [0.05, 0.1) is 35.2 Å². The van der Waals surface area contributed by atoms with Gasteiger partial charge in [-0.25, -0.2) is 28.8 Å². The normalized spacial score (nSPS) is 16.0. The predicted octanol–water partition coefficient (Wildman–Crippen LogP) is 22.4. The molecule has 12 aromatic rings. The zero-order valence-electron chi connectivity index (χ0n) is 72.0. The van der Waals surface area contributed by atoms with E-state index in [-0.39, 0.29) is 57.4 Å². The molecule has 5 fully saturated rings. The van der Waals surface area contributed by atoms with Crippen LogP contribution in [0.3, 0.4) is 0 Å². The molecule has 0 radical (unpaired) electrons. The molecule has 0 unspecified atom stereocenters. The van der Waals surface area contributed by atoms with E-state index in [0.717, 1.165) is 124 Å². The topological polar surface area (TPSA) is 266 Å². The summed E-state index contributed by atoms with van der Waals surface area (Å²) < 4.78 is 50.1. The van der Waals surface area contributed by atoms with Crippen molar-refractivity contribution < 1.29 is 25.5 Å². The maximum atomic E-state index is 15.0. The largest absolute Gasteiger partial charge is 0.291 e. The molecule has 2 N–H and O–H groups in total. The number of furan rings is 2. The SMILES string of the molecule is C.C.C1N=NC(C2CNC2)=N1.C1N=NC(C2CNC2)=N1.C[Si](C)(C)C.Cl.Cl.Fc1cc(CN2CC(C3=NCN=N3)C2)ccc1-c1cc2cc(Cc3ccccc3)ccc2o1.N#CC1CN(C(c2ccccc2)c2ccccc2)C1.O=Cc1ccc(-c2cc3cc(Cc4ccccc4)ccc3o2)c(F)c1.[CH3][SnH]=[O].c1ccc(C(c2ccccc2)N2CC(C3=NCN=N3)C2)cc1. The Morgan fingerprint density at radius 2 is 0.775 bits per heavy atom. The van der Waals surface area contributed by atoms with Gasteiger partial charge in [0, 0.05) is 120 Å². The molecule has 0 aliphatic carbocycles. The van der Waals surface area contributed by atoms with Crippen LogP contribution in [0, 0.1) is 52.6 Å². The Morgan fingerprint density at radius 1 is 0.442 bits per heavy atom. The molecular formula is C101H114Cl2F2N18O4SiSn. The predicted molar refractivity (Wildman–Crippen MR) is 523 cm³/mol. The molecule has 11 heterocycles. The van der Waals surface area contributed by atoms with Gasteiger partial charge in [-0.05, 0) is 124 Å². The van der Waals surface area contributed by atoms with Crippen molar-refractivity contribution in [2.45, 2.75) is 77.5 Å². The summed E-state index contributed by atoms with van der Waals surface area (Å²) in [5.41, 5.74) is 13.7. The van der Waals surface area contributed by atoms with Crippen molar-refractivity contribution in [1.82, 2.24) is 25.3 Å². The van der Waals surface area contributed by atoms with Crippen molar-refractivity contribution in [2.75, 3.05) is 92.1 Å². The number of likely N-dealkylation sites (tertiary alicyclic amines) is 3. The van der Waals surface area contributed by atoms with Gasteiger partial charge in [0.1, 0.15) is 40.6 Å². The Hall–Kier alpha value is -11.4. The van der Waals surface area contributed by atoms with Crippen molar-refractivity contribution in [3.05, 3.63) is 334 Å². The van der Waals surface area contributed by atoms with Crippen LogP contribution in [0.25, 0.3) is 44.6 Å². The van der Waals surface area contributed by atoms with Crippen LogP contribution in [0.1, 0.15) is 87.4 Å². The van der Waals surface area contributed by atoms with Gasteiger partial charge in [0.25, 0.3) is 0 Å². The Kier molecular flexibility index (Phi) is 38.6. The molecular weight excluding hydrogens is 1780 g/mol. The summed E-state index contributed by atoms with van der Waals surface area (Å²) in [6.45, 7) is 21.7. The number of amidine groups is 4. The number of azo groups is 4. The molecule has 0 bridgehead atoms. The number of carbonyl (C=O) groups is 1. The first kappa shape index (κ1) is 99.7. The molecule has 28 heteroatoms. The summed E-state index contributed by atoms with van der Waals surface area (Å²) in [5, 5.41) is 48.6. The summed E-state index contributed by atoms with van der Waals surface area (Å²) in [6, 6.07) is 91.7. The minimum Gasteiger partial charge on any atom is -0.291 e. The summed E-state index contributed by atoms with van der Waals surface area (Å²) in [4.78, 5) is 36.5. The second-order valence-electron chi connectivity index (χ2n) is 33.3. The van der Waals surface area contributed by atoms with Gasteiger partial charge >= 0.3 is 29.1 Å². The third-order valence-electron chi connectivity index (χ3n) is 21.8. The quantitative estimate of drug-likeness (QED) is 0.0571. The molecule has 2 aromatic heterocycles. The smallest absolute Gasteiger partial charge is 0.153 e. The van der Waals surface area contributed by atoms with Crippen LogP contribution < -0.4 is 10.6 Å². The fraction of sp³-hybridized carbons (Fsp3) is 0.307. The molecule has 129 heavy (non-hydrogen) atoms. The average Bonchev–Trinajstić information content (AvgIpc) is 1.25. The van der Waals surface area contributed by atoms with E-state index in [9.17, 15) is 9.18 Å². The Morgan fingerprint density at radius 3 is 1.10 bits per heavy atom. The van der Waals surface area contributed by atoms with Crippen LogP contribution in [0.2, 0.25) is 31.1 Å². The number of hydrogen-bond acceptors (Lipinski definition) is 22. The molecule has 21 rings (SSSR count). The van der Waals surface area contributed by atoms with Gasteiger partial charge in [-0.2, -0.15) is 25.7 Å². The van der Waals surface area contributed by atoms with E-state index >= 15 is 4.39 Å². The number of halogens is 4. The van der Waals surface area contributed by atoms with Gasteiger partial charge < -0.3 is 19.5 Å². The summed E-state index contributed by atoms with van der Waals surface area (Å²) >= 11 is -1.14. The fourth-order valence-electron chi connectivity index (χ4n) is 15.3. The molecule has 0 spiro atoms. The first-order valence-corrected chi connectivity index (χ1v) is 51.2. The molecule has 668 valence electrons. The van der Waals surface area contributed by atoms with Crippen LogP contribution in [-0.2, 0) is 22.5 Å². The zero-order chi connectivity index (χ0) is 86.7. The van der Waals surface area contributed by atoms with Gasteiger partial charge in [-0.3, -0.25) is 19.5 Å². The number of fused-ring (bicyclic) bond motifs is 2. The third-order valence-corrected chi connectivity index (χ3v) is 21.8. The number of nitrogens with zero attached hydrogens (tertiary/aromatic N) is 16. The fourth-order valence-corrected chi connectivity index (χ4v) is 15.3. The molecule has 9 aliphatic heterocycles. The molecule has 10 aromatic carbocycles. The molecule has 22 nitrogen and oxygen atoms in total. The Balaban J connectivity index is 0.000000164. The number of nitrogens with one attached hydrogen (secondary N) is 2. The number of aldehydes is 1. The maximum Gasteiger partial charge on any atom is 0.153 e. The number of nitriles is 1. The zero-order valence-corrected chi connectivity index (χ0v) is 77.9. The molecule has 5 saturated heterocycles. The van der Waals surface area contributed by atoms with Crippen LogP contribution in [0.5, 0.6) is 0 Å². The minimum absolute atomic E-state index is 0. The second kappa shape index (κ2) is 49.9. The summed E-state index contributed by atoms with van der Waals surface area (Å²) in [6.07, 6.45) is 2.31. The van der Waals surface area contributed by atoms with E-state index in [1.165, 1.54) is 50.6 Å². The van der Waals surface area contributed by atoms with Gasteiger partial charge in [0.2, 0.25) is 0 Å². The van der Waals surface area contributed by atoms with E-state index in [4.69, 9.17) is 17.2 Å². The Bertz CT molecular complexity index is 5750. The van der Waals surface area contributed by atoms with E-state index in [2.05, 4.69) is 270 Å². The first-order valence-electron chi connectivity index (χ1n) is 42.5. The van der Waals surface area contributed by atoms with Crippen LogP contribution in [0.15, 0.2) is 337 Å². The van der Waals surface area contributed by atoms with Crippen molar-refractivity contribution in [2.24, 2.45) is 90.5 Å². The minimum atomic E-state index is -1.14. The second-order valence-corrected chi connectivity index (χ2v) is 40.6. The van der Waals surface area contributed by atoms with E-state index in [1.54, 1.807) is 23.1 Å².